The highest BCUT2D eigenvalue weighted by molar-refractivity contribution is 7.12. The van der Waals surface area contributed by atoms with E-state index in [1.807, 2.05) is 0 Å². The number of anilines is 1. The number of methoxy groups -OCH3 is 1. The summed E-state index contributed by atoms with van der Waals surface area (Å²) in [6.45, 7) is -0.113. The van der Waals surface area contributed by atoms with Gasteiger partial charge in [-0.05, 0) is 17.9 Å². The summed E-state index contributed by atoms with van der Waals surface area (Å²) in [4.78, 5) is 22.6. The summed E-state index contributed by atoms with van der Waals surface area (Å²) in [5.74, 6) is -0.691. The van der Waals surface area contributed by atoms with Crippen LogP contribution in [0.15, 0.2) is 5.38 Å². The van der Waals surface area contributed by atoms with Crippen LogP contribution in [0.4, 0.5) is 23.7 Å². The Kier molecular flexibility index (Phi) is 4.76. The Morgan fingerprint density at radius 3 is 2.58 bits per heavy atom. The molecule has 0 fully saturated rings. The topological polar surface area (TPSA) is 64.6 Å². The van der Waals surface area contributed by atoms with Gasteiger partial charge in [-0.2, -0.15) is 13.2 Å². The van der Waals surface area contributed by atoms with E-state index in [0.29, 0.717) is 5.56 Å². The van der Waals surface area contributed by atoms with Gasteiger partial charge >= 0.3 is 18.2 Å². The lowest BCUT2D eigenvalue weighted by Gasteiger charge is -2.10. The zero-order chi connectivity index (χ0) is 14.6. The Labute approximate surface area is 110 Å². The minimum atomic E-state index is -4.60. The van der Waals surface area contributed by atoms with Gasteiger partial charge in [0.05, 0.1) is 12.8 Å². The van der Waals surface area contributed by atoms with Crippen LogP contribution >= 0.6 is 11.3 Å². The van der Waals surface area contributed by atoms with Crippen LogP contribution in [0, 0.1) is 6.92 Å². The third-order valence-corrected chi connectivity index (χ3v) is 3.02. The standard InChI is InChI=1S/C10H10F3NO4S/c1-5-3-19-7(8(15)17-2)6(5)14-9(16)18-4-10(11,12)13/h3H,4H2,1-2H3,(H,14,16). The monoisotopic (exact) mass is 297 g/mol. The molecule has 106 valence electrons. The molecule has 0 bridgehead atoms. The molecular weight excluding hydrogens is 287 g/mol. The van der Waals surface area contributed by atoms with Gasteiger partial charge in [-0.25, -0.2) is 9.59 Å². The first-order valence-electron chi connectivity index (χ1n) is 4.91. The van der Waals surface area contributed by atoms with E-state index in [1.165, 1.54) is 0 Å². The number of nitrogens with one attached hydrogen (secondary N) is 1. The summed E-state index contributed by atoms with van der Waals surface area (Å²) in [6.07, 6.45) is -5.89. The van der Waals surface area contributed by atoms with Crippen molar-refractivity contribution in [3.05, 3.63) is 15.8 Å². The molecule has 0 radical (unpaired) electrons. The number of amides is 1. The van der Waals surface area contributed by atoms with Gasteiger partial charge < -0.3 is 9.47 Å². The lowest BCUT2D eigenvalue weighted by Crippen LogP contribution is -2.24. The van der Waals surface area contributed by atoms with Gasteiger partial charge in [0.2, 0.25) is 0 Å². The summed E-state index contributed by atoms with van der Waals surface area (Å²) >= 11 is 1.01. The van der Waals surface area contributed by atoms with Crippen molar-refractivity contribution in [2.24, 2.45) is 0 Å². The fourth-order valence-electron chi connectivity index (χ4n) is 1.13. The largest absolute Gasteiger partial charge is 0.465 e. The molecule has 1 aromatic heterocycles. The highest BCUT2D eigenvalue weighted by atomic mass is 32.1. The van der Waals surface area contributed by atoms with Gasteiger partial charge in [-0.3, -0.25) is 5.32 Å². The predicted octanol–water partition coefficient (Wildman–Crippen LogP) is 2.95. The number of ether oxygens (including phenoxy) is 2. The van der Waals surface area contributed by atoms with Crippen LogP contribution in [-0.2, 0) is 9.47 Å². The Morgan fingerprint density at radius 1 is 1.42 bits per heavy atom. The molecule has 1 heterocycles. The summed E-state index contributed by atoms with van der Waals surface area (Å²) in [5, 5.41) is 3.66. The van der Waals surface area contributed by atoms with Crippen molar-refractivity contribution in [1.29, 1.82) is 0 Å². The highest BCUT2D eigenvalue weighted by Gasteiger charge is 2.30. The number of carbonyl (C=O) groups is 2. The van der Waals surface area contributed by atoms with E-state index in [0.717, 1.165) is 18.4 Å². The second-order valence-electron chi connectivity index (χ2n) is 3.43. The SMILES string of the molecule is COC(=O)c1scc(C)c1NC(=O)OCC(F)(F)F. The lowest BCUT2D eigenvalue weighted by molar-refractivity contribution is -0.159. The van der Waals surface area contributed by atoms with Crippen LogP contribution in [0.5, 0.6) is 0 Å². The highest BCUT2D eigenvalue weighted by Crippen LogP contribution is 2.28. The maximum absolute atomic E-state index is 11.9. The molecule has 1 rings (SSSR count). The quantitative estimate of drug-likeness (QED) is 0.871. The van der Waals surface area contributed by atoms with Crippen molar-refractivity contribution in [1.82, 2.24) is 0 Å². The van der Waals surface area contributed by atoms with E-state index in [1.54, 1.807) is 12.3 Å². The average Bonchev–Trinajstić information content (AvgIpc) is 2.67. The summed E-state index contributed by atoms with van der Waals surface area (Å²) in [7, 11) is 1.16. The van der Waals surface area contributed by atoms with Crippen molar-refractivity contribution >= 4 is 29.1 Å². The molecule has 0 aliphatic heterocycles. The molecule has 1 aromatic rings. The maximum Gasteiger partial charge on any atom is 0.422 e. The molecule has 19 heavy (non-hydrogen) atoms. The molecule has 9 heteroatoms. The average molecular weight is 297 g/mol. The molecule has 0 aromatic carbocycles. The van der Waals surface area contributed by atoms with E-state index in [9.17, 15) is 22.8 Å². The van der Waals surface area contributed by atoms with Crippen molar-refractivity contribution in [2.75, 3.05) is 19.0 Å². The van der Waals surface area contributed by atoms with E-state index < -0.39 is 24.8 Å². The van der Waals surface area contributed by atoms with Crippen molar-refractivity contribution in [3.8, 4) is 0 Å². The Bertz CT molecular complexity index is 484. The van der Waals surface area contributed by atoms with E-state index in [-0.39, 0.29) is 10.6 Å². The van der Waals surface area contributed by atoms with Gasteiger partial charge in [0, 0.05) is 0 Å². The lowest BCUT2D eigenvalue weighted by atomic mass is 10.3. The maximum atomic E-state index is 11.9. The third kappa shape index (κ3) is 4.43. The van der Waals surface area contributed by atoms with Crippen LogP contribution in [0.1, 0.15) is 15.2 Å². The number of rotatable bonds is 3. The van der Waals surface area contributed by atoms with Gasteiger partial charge in [-0.1, -0.05) is 0 Å². The summed E-state index contributed by atoms with van der Waals surface area (Å²) in [6, 6.07) is 0. The molecule has 0 aliphatic carbocycles. The van der Waals surface area contributed by atoms with Crippen LogP contribution < -0.4 is 5.32 Å². The molecule has 5 nitrogen and oxygen atoms in total. The Morgan fingerprint density at radius 2 is 2.05 bits per heavy atom. The first-order chi connectivity index (χ1) is 8.74. The van der Waals surface area contributed by atoms with E-state index >= 15 is 0 Å². The number of halogens is 3. The zero-order valence-electron chi connectivity index (χ0n) is 9.96. The van der Waals surface area contributed by atoms with Crippen LogP contribution in [0.2, 0.25) is 0 Å². The minimum absolute atomic E-state index is 0.0870. The fraction of sp³-hybridized carbons (Fsp3) is 0.400. The molecule has 1 amide bonds. The minimum Gasteiger partial charge on any atom is -0.465 e. The zero-order valence-corrected chi connectivity index (χ0v) is 10.8. The third-order valence-electron chi connectivity index (χ3n) is 1.94. The molecule has 0 unspecified atom stereocenters. The first-order valence-corrected chi connectivity index (χ1v) is 5.79. The molecule has 0 atom stereocenters. The summed E-state index contributed by atoms with van der Waals surface area (Å²) in [5.41, 5.74) is 0.610. The number of carbonyl (C=O) groups excluding carboxylic acids is 2. The molecule has 1 N–H and O–H groups in total. The van der Waals surface area contributed by atoms with Gasteiger partial charge in [-0.15, -0.1) is 11.3 Å². The number of hydrogen-bond donors (Lipinski definition) is 1. The van der Waals surface area contributed by atoms with Gasteiger partial charge in [0.25, 0.3) is 0 Å². The molecule has 0 saturated heterocycles. The van der Waals surface area contributed by atoms with Gasteiger partial charge in [0.1, 0.15) is 4.88 Å². The Hall–Kier alpha value is -1.77. The number of alkyl halides is 3. The smallest absolute Gasteiger partial charge is 0.422 e. The van der Waals surface area contributed by atoms with Gasteiger partial charge in [0.15, 0.2) is 6.61 Å². The first kappa shape index (κ1) is 15.3. The molecular formula is C10H10F3NO4S. The normalized spacial score (nSPS) is 11.0. The predicted molar refractivity (Wildman–Crippen MR) is 61.4 cm³/mol. The van der Waals surface area contributed by atoms with Crippen molar-refractivity contribution in [3.63, 3.8) is 0 Å². The molecule has 0 spiro atoms. The number of esters is 1. The summed E-state index contributed by atoms with van der Waals surface area (Å²) < 4.78 is 44.0. The second-order valence-corrected chi connectivity index (χ2v) is 4.31. The molecule has 0 aliphatic rings. The second kappa shape index (κ2) is 5.91. The van der Waals surface area contributed by atoms with Crippen LogP contribution in [0.25, 0.3) is 0 Å². The number of hydrogen-bond acceptors (Lipinski definition) is 5. The molecule has 0 saturated carbocycles. The fourth-order valence-corrected chi connectivity index (χ4v) is 2.05. The van der Waals surface area contributed by atoms with E-state index in [2.05, 4.69) is 14.8 Å². The van der Waals surface area contributed by atoms with Crippen molar-refractivity contribution < 1.29 is 32.2 Å². The van der Waals surface area contributed by atoms with Crippen molar-refractivity contribution in [2.45, 2.75) is 13.1 Å². The van der Waals surface area contributed by atoms with Crippen LogP contribution in [-0.4, -0.2) is 32.0 Å². The number of thiophene rings is 1. The van der Waals surface area contributed by atoms with E-state index in [4.69, 9.17) is 0 Å². The number of aryl methyl sites for hydroxylation is 1. The Balaban J connectivity index is 2.74. The van der Waals surface area contributed by atoms with Crippen LogP contribution in [0.3, 0.4) is 0 Å².